The lowest BCUT2D eigenvalue weighted by Gasteiger charge is -2.29. The Balaban J connectivity index is 4.09. The summed E-state index contributed by atoms with van der Waals surface area (Å²) < 4.78 is 32.0. The van der Waals surface area contributed by atoms with Gasteiger partial charge in [0, 0.05) is 24.2 Å². The van der Waals surface area contributed by atoms with Gasteiger partial charge in [-0.1, -0.05) is 6.08 Å². The number of quaternary nitrogens is 1. The molecular weight excluding hydrogens is 256 g/mol. The molecule has 106 valence electrons. The third-order valence-electron chi connectivity index (χ3n) is 2.73. The van der Waals surface area contributed by atoms with Crippen LogP contribution in [0.4, 0.5) is 0 Å². The lowest BCUT2D eigenvalue weighted by atomic mass is 10.2. The molecule has 6 nitrogen and oxygen atoms in total. The summed E-state index contributed by atoms with van der Waals surface area (Å²) in [7, 11) is -0.226. The monoisotopic (exact) mass is 278 g/mol. The van der Waals surface area contributed by atoms with Crippen LogP contribution in [0.15, 0.2) is 11.6 Å². The Morgan fingerprint density at radius 2 is 1.89 bits per heavy atom. The van der Waals surface area contributed by atoms with E-state index in [0.717, 1.165) is 6.54 Å². The maximum absolute atomic E-state index is 10.8. The molecule has 0 aliphatic carbocycles. The first-order valence-electron chi connectivity index (χ1n) is 5.76. The number of amides is 1. The van der Waals surface area contributed by atoms with Crippen molar-refractivity contribution < 1.29 is 22.2 Å². The molecule has 0 aromatic rings. The minimum Gasteiger partial charge on any atom is -0.748 e. The molecular formula is C11H22N2O4S. The molecule has 0 spiro atoms. The topological polar surface area (TPSA) is 100 Å². The Morgan fingerprint density at radius 3 is 2.33 bits per heavy atom. The summed E-state index contributed by atoms with van der Waals surface area (Å²) in [6, 6.07) is 0. The second-order valence-corrected chi connectivity index (χ2v) is 6.56. The second-order valence-electron chi connectivity index (χ2n) is 5.04. The van der Waals surface area contributed by atoms with Crippen molar-refractivity contribution in [3.05, 3.63) is 11.6 Å². The first-order valence-corrected chi connectivity index (χ1v) is 7.33. The Hall–Kier alpha value is -0.920. The maximum atomic E-state index is 10.8. The lowest BCUT2D eigenvalue weighted by Crippen LogP contribution is -2.41. The van der Waals surface area contributed by atoms with Gasteiger partial charge in [-0.25, -0.2) is 8.42 Å². The van der Waals surface area contributed by atoms with Gasteiger partial charge >= 0.3 is 0 Å². The van der Waals surface area contributed by atoms with Gasteiger partial charge in [0.2, 0.25) is 5.91 Å². The average Bonchev–Trinajstić information content (AvgIpc) is 2.14. The minimum absolute atomic E-state index is 0.329. The number of nitrogens with zero attached hydrogens (tertiary/aromatic N) is 1. The second kappa shape index (κ2) is 6.86. The highest BCUT2D eigenvalue weighted by Crippen LogP contribution is 2.04. The third kappa shape index (κ3) is 9.15. The molecule has 0 atom stereocenters. The van der Waals surface area contributed by atoms with Gasteiger partial charge < -0.3 is 14.8 Å². The predicted octanol–water partition coefficient (Wildman–Crippen LogP) is -0.180. The van der Waals surface area contributed by atoms with Crippen LogP contribution in [-0.4, -0.2) is 56.3 Å². The van der Waals surface area contributed by atoms with Crippen LogP contribution >= 0.6 is 0 Å². The van der Waals surface area contributed by atoms with Crippen molar-refractivity contribution in [2.75, 3.05) is 32.9 Å². The van der Waals surface area contributed by atoms with Crippen molar-refractivity contribution in [1.29, 1.82) is 0 Å². The SMILES string of the molecule is CC(=CCC[N+](C)(C)CCCS(=O)(=O)[O-])C(N)=O. The zero-order chi connectivity index (χ0) is 14.4. The standard InChI is InChI=1S/C11H22N2O4S/c1-10(11(12)14)6-4-7-13(2,3)8-5-9-18(15,16)17/h6H,4-5,7-9H2,1-3H3,(H2-,12,14,15,16,17). The zero-order valence-corrected chi connectivity index (χ0v) is 12.0. The van der Waals surface area contributed by atoms with E-state index < -0.39 is 16.0 Å². The summed E-state index contributed by atoms with van der Waals surface area (Å²) >= 11 is 0. The average molecular weight is 278 g/mol. The van der Waals surface area contributed by atoms with Gasteiger partial charge in [0.05, 0.1) is 37.3 Å². The van der Waals surface area contributed by atoms with E-state index in [1.54, 1.807) is 13.0 Å². The third-order valence-corrected chi connectivity index (χ3v) is 3.52. The lowest BCUT2D eigenvalue weighted by molar-refractivity contribution is -0.889. The Morgan fingerprint density at radius 1 is 1.33 bits per heavy atom. The zero-order valence-electron chi connectivity index (χ0n) is 11.2. The van der Waals surface area contributed by atoms with E-state index in [4.69, 9.17) is 5.73 Å². The van der Waals surface area contributed by atoms with Crippen LogP contribution in [0, 0.1) is 0 Å². The van der Waals surface area contributed by atoms with Gasteiger partial charge in [0.25, 0.3) is 0 Å². The van der Waals surface area contributed by atoms with Crippen LogP contribution in [0.5, 0.6) is 0 Å². The molecule has 0 bridgehead atoms. The fourth-order valence-electron chi connectivity index (χ4n) is 1.51. The molecule has 0 aliphatic rings. The fraction of sp³-hybridized carbons (Fsp3) is 0.727. The van der Waals surface area contributed by atoms with Crippen LogP contribution in [0.1, 0.15) is 19.8 Å². The van der Waals surface area contributed by atoms with Crippen molar-refractivity contribution in [1.82, 2.24) is 0 Å². The summed E-state index contributed by atoms with van der Waals surface area (Å²) in [5, 5.41) is 0. The van der Waals surface area contributed by atoms with Crippen molar-refractivity contribution in [2.45, 2.75) is 19.8 Å². The molecule has 7 heteroatoms. The molecule has 0 fully saturated rings. The van der Waals surface area contributed by atoms with E-state index in [-0.39, 0.29) is 5.75 Å². The van der Waals surface area contributed by atoms with Gasteiger partial charge in [0.1, 0.15) is 0 Å². The highest BCUT2D eigenvalue weighted by Gasteiger charge is 2.14. The summed E-state index contributed by atoms with van der Waals surface area (Å²) in [4.78, 5) is 10.8. The first-order chi connectivity index (χ1) is 8.03. The van der Waals surface area contributed by atoms with E-state index in [0.29, 0.717) is 29.4 Å². The molecule has 0 rings (SSSR count). The fourth-order valence-corrected chi connectivity index (χ4v) is 1.99. The van der Waals surface area contributed by atoms with Crippen LogP contribution in [0.2, 0.25) is 0 Å². The van der Waals surface area contributed by atoms with Gasteiger partial charge in [-0.3, -0.25) is 4.79 Å². The molecule has 0 saturated carbocycles. The number of hydrogen-bond acceptors (Lipinski definition) is 4. The predicted molar refractivity (Wildman–Crippen MR) is 68.6 cm³/mol. The number of nitrogens with two attached hydrogens (primary N) is 1. The van der Waals surface area contributed by atoms with E-state index in [9.17, 15) is 17.8 Å². The number of carbonyl (C=O) groups excluding carboxylic acids is 1. The van der Waals surface area contributed by atoms with Gasteiger partial charge in [-0.05, 0) is 6.92 Å². The largest absolute Gasteiger partial charge is 0.748 e. The number of rotatable bonds is 8. The molecule has 0 unspecified atom stereocenters. The van der Waals surface area contributed by atoms with E-state index in [2.05, 4.69) is 0 Å². The Bertz CT molecular complexity index is 413. The van der Waals surface area contributed by atoms with Gasteiger partial charge in [-0.15, -0.1) is 0 Å². The highest BCUT2D eigenvalue weighted by atomic mass is 32.2. The molecule has 0 aliphatic heterocycles. The van der Waals surface area contributed by atoms with Crippen LogP contribution in [-0.2, 0) is 14.9 Å². The quantitative estimate of drug-likeness (QED) is 0.378. The molecule has 0 saturated heterocycles. The molecule has 0 aromatic heterocycles. The van der Waals surface area contributed by atoms with Crippen molar-refractivity contribution in [2.24, 2.45) is 5.73 Å². The molecule has 18 heavy (non-hydrogen) atoms. The number of carbonyl (C=O) groups is 1. The summed E-state index contributed by atoms with van der Waals surface area (Å²) in [6.07, 6.45) is 2.80. The summed E-state index contributed by atoms with van der Waals surface area (Å²) in [6.45, 7) is 3.01. The molecule has 2 N–H and O–H groups in total. The van der Waals surface area contributed by atoms with Crippen molar-refractivity contribution in [3.63, 3.8) is 0 Å². The van der Waals surface area contributed by atoms with Crippen LogP contribution in [0.25, 0.3) is 0 Å². The number of primary amides is 1. The molecule has 1 amide bonds. The maximum Gasteiger partial charge on any atom is 0.244 e. The Kier molecular flexibility index (Phi) is 6.51. The van der Waals surface area contributed by atoms with E-state index >= 15 is 0 Å². The number of hydrogen-bond donors (Lipinski definition) is 1. The van der Waals surface area contributed by atoms with Gasteiger partial charge in [0.15, 0.2) is 0 Å². The van der Waals surface area contributed by atoms with Crippen LogP contribution in [0.3, 0.4) is 0 Å². The van der Waals surface area contributed by atoms with Crippen molar-refractivity contribution in [3.8, 4) is 0 Å². The smallest absolute Gasteiger partial charge is 0.244 e. The molecule has 0 aromatic carbocycles. The molecule has 0 heterocycles. The van der Waals surface area contributed by atoms with E-state index in [1.165, 1.54) is 0 Å². The normalized spacial score (nSPS) is 13.7. The minimum atomic E-state index is -4.12. The summed E-state index contributed by atoms with van der Waals surface area (Å²) in [5.74, 6) is -0.761. The highest BCUT2D eigenvalue weighted by molar-refractivity contribution is 7.85. The van der Waals surface area contributed by atoms with Gasteiger partial charge in [-0.2, -0.15) is 0 Å². The Labute approximate surface area is 109 Å². The van der Waals surface area contributed by atoms with Crippen molar-refractivity contribution >= 4 is 16.0 Å². The summed E-state index contributed by atoms with van der Waals surface area (Å²) in [5.41, 5.74) is 5.63. The van der Waals surface area contributed by atoms with E-state index in [1.807, 2.05) is 14.1 Å². The first kappa shape index (κ1) is 17.1. The molecule has 0 radical (unpaired) electrons. The van der Waals surface area contributed by atoms with Crippen LogP contribution < -0.4 is 5.73 Å².